The molecule has 0 aliphatic heterocycles. The van der Waals surface area contributed by atoms with E-state index in [1.165, 1.54) is 0 Å². The van der Waals surface area contributed by atoms with Crippen molar-refractivity contribution in [2.75, 3.05) is 26.8 Å². The number of amides is 1. The monoisotopic (exact) mass is 277 g/mol. The molecule has 0 spiro atoms. The Bertz CT molecular complexity index is 465. The van der Waals surface area contributed by atoms with Gasteiger partial charge in [0.05, 0.1) is 13.7 Å². The predicted octanol–water partition coefficient (Wildman–Crippen LogP) is 2.98. The van der Waals surface area contributed by atoms with E-state index in [1.807, 2.05) is 39.0 Å². The lowest BCUT2D eigenvalue weighted by atomic mass is 10.2. The summed E-state index contributed by atoms with van der Waals surface area (Å²) in [6.07, 6.45) is 3.38. The summed E-state index contributed by atoms with van der Waals surface area (Å²) >= 11 is 0. The molecule has 0 radical (unpaired) electrons. The van der Waals surface area contributed by atoms with Crippen LogP contribution in [0.3, 0.4) is 0 Å². The summed E-state index contributed by atoms with van der Waals surface area (Å²) in [6.45, 7) is 7.86. The van der Waals surface area contributed by atoms with Crippen LogP contribution in [0.2, 0.25) is 0 Å². The number of carbonyl (C=O) groups excluding carboxylic acids is 1. The van der Waals surface area contributed by atoms with Crippen molar-refractivity contribution in [2.45, 2.75) is 20.8 Å². The second kappa shape index (κ2) is 8.25. The summed E-state index contributed by atoms with van der Waals surface area (Å²) in [5, 5.41) is 0. The van der Waals surface area contributed by atoms with Crippen molar-refractivity contribution >= 4 is 12.0 Å². The average molecular weight is 277 g/mol. The summed E-state index contributed by atoms with van der Waals surface area (Å²) in [6, 6.07) is 5.61. The highest BCUT2D eigenvalue weighted by atomic mass is 16.5. The molecule has 4 heteroatoms. The molecule has 20 heavy (non-hydrogen) atoms. The van der Waals surface area contributed by atoms with Gasteiger partial charge in [0.15, 0.2) is 11.5 Å². The number of hydrogen-bond acceptors (Lipinski definition) is 3. The van der Waals surface area contributed by atoms with E-state index in [1.54, 1.807) is 24.2 Å². The highest BCUT2D eigenvalue weighted by molar-refractivity contribution is 5.91. The number of benzene rings is 1. The van der Waals surface area contributed by atoms with Gasteiger partial charge in [0, 0.05) is 19.2 Å². The minimum absolute atomic E-state index is 0.0174. The first-order valence-corrected chi connectivity index (χ1v) is 6.94. The van der Waals surface area contributed by atoms with Crippen LogP contribution >= 0.6 is 0 Å². The third-order valence-electron chi connectivity index (χ3n) is 2.98. The van der Waals surface area contributed by atoms with Crippen molar-refractivity contribution in [1.82, 2.24) is 4.90 Å². The molecule has 0 unspecified atom stereocenters. The van der Waals surface area contributed by atoms with Crippen molar-refractivity contribution in [2.24, 2.45) is 0 Å². The molecule has 1 aromatic carbocycles. The highest BCUT2D eigenvalue weighted by Gasteiger charge is 2.06. The molecular weight excluding hydrogens is 254 g/mol. The van der Waals surface area contributed by atoms with Gasteiger partial charge in [0.25, 0.3) is 0 Å². The molecule has 0 aromatic heterocycles. The van der Waals surface area contributed by atoms with E-state index in [2.05, 4.69) is 0 Å². The molecule has 0 fully saturated rings. The third-order valence-corrected chi connectivity index (χ3v) is 2.98. The highest BCUT2D eigenvalue weighted by Crippen LogP contribution is 2.28. The quantitative estimate of drug-likeness (QED) is 0.719. The Kier molecular flexibility index (Phi) is 6.64. The molecule has 0 heterocycles. The zero-order valence-corrected chi connectivity index (χ0v) is 12.7. The summed E-state index contributed by atoms with van der Waals surface area (Å²) < 4.78 is 10.7. The van der Waals surface area contributed by atoms with Crippen LogP contribution in [-0.4, -0.2) is 37.6 Å². The Morgan fingerprint density at radius 1 is 1.20 bits per heavy atom. The average Bonchev–Trinajstić information content (AvgIpc) is 2.47. The number of nitrogens with zero attached hydrogens (tertiary/aromatic N) is 1. The van der Waals surface area contributed by atoms with E-state index >= 15 is 0 Å². The first-order chi connectivity index (χ1) is 9.65. The molecule has 110 valence electrons. The molecule has 0 bridgehead atoms. The van der Waals surface area contributed by atoms with Crippen LogP contribution in [-0.2, 0) is 4.79 Å². The van der Waals surface area contributed by atoms with Gasteiger partial charge >= 0.3 is 0 Å². The summed E-state index contributed by atoms with van der Waals surface area (Å²) in [5.41, 5.74) is 0.912. The largest absolute Gasteiger partial charge is 0.493 e. The van der Waals surface area contributed by atoms with Crippen LogP contribution in [0.4, 0.5) is 0 Å². The summed E-state index contributed by atoms with van der Waals surface area (Å²) in [4.78, 5) is 13.7. The maximum absolute atomic E-state index is 11.9. The van der Waals surface area contributed by atoms with Crippen molar-refractivity contribution in [3.63, 3.8) is 0 Å². The Hall–Kier alpha value is -1.97. The molecule has 0 saturated carbocycles. The number of hydrogen-bond donors (Lipinski definition) is 0. The van der Waals surface area contributed by atoms with Crippen LogP contribution in [0.5, 0.6) is 11.5 Å². The lowest BCUT2D eigenvalue weighted by molar-refractivity contribution is -0.125. The standard InChI is InChI=1S/C16H23NO3/c1-5-17(6-2)16(18)11-9-13-8-10-14(19-4)15(12-13)20-7-3/h8-12H,5-7H2,1-4H3. The zero-order chi connectivity index (χ0) is 15.0. The first kappa shape index (κ1) is 16.1. The molecule has 0 aliphatic carbocycles. The molecule has 0 N–H and O–H groups in total. The van der Waals surface area contributed by atoms with Crippen LogP contribution < -0.4 is 9.47 Å². The fourth-order valence-corrected chi connectivity index (χ4v) is 1.87. The van der Waals surface area contributed by atoms with Gasteiger partial charge in [-0.05, 0) is 44.5 Å². The van der Waals surface area contributed by atoms with Crippen molar-refractivity contribution in [1.29, 1.82) is 0 Å². The number of rotatable bonds is 7. The second-order valence-electron chi connectivity index (χ2n) is 4.19. The summed E-state index contributed by atoms with van der Waals surface area (Å²) in [5.74, 6) is 1.40. The van der Waals surface area contributed by atoms with Gasteiger partial charge < -0.3 is 14.4 Å². The van der Waals surface area contributed by atoms with E-state index in [-0.39, 0.29) is 5.91 Å². The van der Waals surface area contributed by atoms with Gasteiger partial charge in [-0.1, -0.05) is 6.07 Å². The maximum Gasteiger partial charge on any atom is 0.246 e. The van der Waals surface area contributed by atoms with Gasteiger partial charge in [-0.3, -0.25) is 4.79 Å². The molecule has 1 amide bonds. The molecule has 0 atom stereocenters. The van der Waals surface area contributed by atoms with Crippen LogP contribution in [0.1, 0.15) is 26.3 Å². The predicted molar refractivity (Wildman–Crippen MR) is 81.1 cm³/mol. The molecule has 1 rings (SSSR count). The van der Waals surface area contributed by atoms with Gasteiger partial charge in [0.1, 0.15) is 0 Å². The lowest BCUT2D eigenvalue weighted by Crippen LogP contribution is -2.28. The SMILES string of the molecule is CCOc1cc(C=CC(=O)N(CC)CC)ccc1OC. The summed E-state index contributed by atoms with van der Waals surface area (Å²) in [7, 11) is 1.61. The van der Waals surface area contributed by atoms with E-state index < -0.39 is 0 Å². The molecular formula is C16H23NO3. The smallest absolute Gasteiger partial charge is 0.246 e. The Morgan fingerprint density at radius 2 is 1.90 bits per heavy atom. The maximum atomic E-state index is 11.9. The number of ether oxygens (including phenoxy) is 2. The number of carbonyl (C=O) groups is 1. The van der Waals surface area contributed by atoms with Gasteiger partial charge in [-0.15, -0.1) is 0 Å². The molecule has 0 saturated heterocycles. The minimum Gasteiger partial charge on any atom is -0.493 e. The topological polar surface area (TPSA) is 38.8 Å². The zero-order valence-electron chi connectivity index (χ0n) is 12.7. The number of likely N-dealkylation sites (N-methyl/N-ethyl adjacent to an activating group) is 1. The molecule has 4 nitrogen and oxygen atoms in total. The van der Waals surface area contributed by atoms with E-state index in [9.17, 15) is 4.79 Å². The Balaban J connectivity index is 2.87. The Morgan fingerprint density at radius 3 is 2.45 bits per heavy atom. The Labute approximate surface area is 121 Å². The van der Waals surface area contributed by atoms with Crippen LogP contribution in [0, 0.1) is 0 Å². The minimum atomic E-state index is 0.0174. The molecule has 1 aromatic rings. The van der Waals surface area contributed by atoms with E-state index in [0.717, 1.165) is 5.56 Å². The van der Waals surface area contributed by atoms with Crippen molar-refractivity contribution in [3.05, 3.63) is 29.8 Å². The van der Waals surface area contributed by atoms with Gasteiger partial charge in [-0.25, -0.2) is 0 Å². The normalized spacial score (nSPS) is 10.6. The van der Waals surface area contributed by atoms with E-state index in [0.29, 0.717) is 31.2 Å². The van der Waals surface area contributed by atoms with Crippen LogP contribution in [0.15, 0.2) is 24.3 Å². The number of methoxy groups -OCH3 is 1. The fourth-order valence-electron chi connectivity index (χ4n) is 1.87. The van der Waals surface area contributed by atoms with Crippen LogP contribution in [0.25, 0.3) is 6.08 Å². The first-order valence-electron chi connectivity index (χ1n) is 6.94. The lowest BCUT2D eigenvalue weighted by Gasteiger charge is -2.15. The van der Waals surface area contributed by atoms with Crippen molar-refractivity contribution < 1.29 is 14.3 Å². The second-order valence-corrected chi connectivity index (χ2v) is 4.19. The van der Waals surface area contributed by atoms with Gasteiger partial charge in [-0.2, -0.15) is 0 Å². The fraction of sp³-hybridized carbons (Fsp3) is 0.438. The van der Waals surface area contributed by atoms with Crippen molar-refractivity contribution in [3.8, 4) is 11.5 Å². The third kappa shape index (κ3) is 4.30. The van der Waals surface area contributed by atoms with E-state index in [4.69, 9.17) is 9.47 Å². The molecule has 0 aliphatic rings. The van der Waals surface area contributed by atoms with Gasteiger partial charge in [0.2, 0.25) is 5.91 Å².